The molecule has 3 rings (SSSR count). The van der Waals surface area contributed by atoms with Gasteiger partial charge in [0.05, 0.1) is 4.90 Å². The lowest BCUT2D eigenvalue weighted by molar-refractivity contribution is -0.139. The summed E-state index contributed by atoms with van der Waals surface area (Å²) >= 11 is 3.33. The van der Waals surface area contributed by atoms with Gasteiger partial charge in [-0.1, -0.05) is 15.9 Å². The minimum absolute atomic E-state index is 0.0536. The summed E-state index contributed by atoms with van der Waals surface area (Å²) in [6.07, 6.45) is -0.731. The molecule has 0 radical (unpaired) electrons. The topological polar surface area (TPSA) is 66.9 Å². The molecule has 6 nitrogen and oxygen atoms in total. The van der Waals surface area contributed by atoms with Crippen molar-refractivity contribution in [1.29, 1.82) is 0 Å². The quantitative estimate of drug-likeness (QED) is 0.648. The van der Waals surface area contributed by atoms with Crippen LogP contribution in [0.2, 0.25) is 0 Å². The highest BCUT2D eigenvalue weighted by molar-refractivity contribution is 9.10. The molecule has 0 saturated carbocycles. The third-order valence-corrected chi connectivity index (χ3v) is 6.98. The van der Waals surface area contributed by atoms with Gasteiger partial charge in [0.25, 0.3) is 5.91 Å². The molecule has 1 atom stereocenters. The number of hydrogen-bond donors (Lipinski definition) is 0. The molecule has 1 unspecified atom stereocenters. The lowest BCUT2D eigenvalue weighted by Crippen LogP contribution is -2.53. The normalized spacial score (nSPS) is 16.5. The maximum atomic E-state index is 13.4. The fourth-order valence-electron chi connectivity index (χ4n) is 2.96. The first kappa shape index (κ1) is 21.7. The average molecular weight is 489 g/mol. The fraction of sp³-hybridized carbons (Fsp3) is 0.316. The summed E-state index contributed by atoms with van der Waals surface area (Å²) < 4.78 is 59.5. The predicted molar refractivity (Wildman–Crippen MR) is 106 cm³/mol. The number of ether oxygens (including phenoxy) is 1. The number of sulfonamides is 1. The van der Waals surface area contributed by atoms with Gasteiger partial charge < -0.3 is 9.64 Å². The van der Waals surface area contributed by atoms with Crippen LogP contribution in [0.4, 0.5) is 8.78 Å². The Hall–Kier alpha value is -2.04. The van der Waals surface area contributed by atoms with Crippen LogP contribution in [0.3, 0.4) is 0 Å². The molecule has 1 heterocycles. The Labute approximate surface area is 176 Å². The molecule has 0 N–H and O–H groups in total. The summed E-state index contributed by atoms with van der Waals surface area (Å²) in [5.74, 6) is -2.04. The molecule has 0 aliphatic carbocycles. The molecule has 10 heteroatoms. The average Bonchev–Trinajstić information content (AvgIpc) is 2.71. The predicted octanol–water partition coefficient (Wildman–Crippen LogP) is 3.03. The molecular weight excluding hydrogens is 470 g/mol. The van der Waals surface area contributed by atoms with Gasteiger partial charge in [-0.3, -0.25) is 4.79 Å². The van der Waals surface area contributed by atoms with E-state index in [9.17, 15) is 22.0 Å². The van der Waals surface area contributed by atoms with Crippen LogP contribution in [-0.4, -0.2) is 55.8 Å². The molecule has 0 aromatic heterocycles. The van der Waals surface area contributed by atoms with Crippen molar-refractivity contribution in [3.05, 3.63) is 58.6 Å². The Kier molecular flexibility index (Phi) is 6.55. The third-order valence-electron chi connectivity index (χ3n) is 4.55. The summed E-state index contributed by atoms with van der Waals surface area (Å²) in [5.41, 5.74) is 0. The van der Waals surface area contributed by atoms with E-state index in [-0.39, 0.29) is 37.0 Å². The van der Waals surface area contributed by atoms with E-state index < -0.39 is 27.8 Å². The van der Waals surface area contributed by atoms with Crippen molar-refractivity contribution in [2.45, 2.75) is 17.9 Å². The van der Waals surface area contributed by atoms with Gasteiger partial charge in [-0.2, -0.15) is 4.31 Å². The molecule has 1 fully saturated rings. The van der Waals surface area contributed by atoms with Crippen LogP contribution in [-0.2, 0) is 14.8 Å². The second kappa shape index (κ2) is 8.76. The highest BCUT2D eigenvalue weighted by Crippen LogP contribution is 2.21. The van der Waals surface area contributed by atoms with E-state index in [1.54, 1.807) is 31.2 Å². The Morgan fingerprint density at radius 1 is 1.03 bits per heavy atom. The van der Waals surface area contributed by atoms with Gasteiger partial charge in [0.2, 0.25) is 10.0 Å². The van der Waals surface area contributed by atoms with Crippen LogP contribution in [0.5, 0.6) is 5.75 Å². The van der Waals surface area contributed by atoms with Crippen molar-refractivity contribution in [1.82, 2.24) is 9.21 Å². The molecule has 1 aliphatic rings. The minimum atomic E-state index is -3.97. The van der Waals surface area contributed by atoms with Crippen molar-refractivity contribution in [3.63, 3.8) is 0 Å². The van der Waals surface area contributed by atoms with E-state index in [1.807, 2.05) is 0 Å². The largest absolute Gasteiger partial charge is 0.481 e. The maximum Gasteiger partial charge on any atom is 0.263 e. The van der Waals surface area contributed by atoms with Crippen LogP contribution < -0.4 is 4.74 Å². The summed E-state index contributed by atoms with van der Waals surface area (Å²) in [5, 5.41) is 0. The molecule has 156 valence electrons. The smallest absolute Gasteiger partial charge is 0.263 e. The van der Waals surface area contributed by atoms with E-state index in [0.717, 1.165) is 20.9 Å². The zero-order valence-corrected chi connectivity index (χ0v) is 17.9. The molecule has 0 bridgehead atoms. The number of hydrogen-bond acceptors (Lipinski definition) is 4. The Morgan fingerprint density at radius 3 is 2.24 bits per heavy atom. The van der Waals surface area contributed by atoms with E-state index in [4.69, 9.17) is 4.74 Å². The van der Waals surface area contributed by atoms with Crippen molar-refractivity contribution in [2.75, 3.05) is 26.2 Å². The first-order valence-corrected chi connectivity index (χ1v) is 11.1. The van der Waals surface area contributed by atoms with Crippen LogP contribution in [0, 0.1) is 11.6 Å². The zero-order valence-electron chi connectivity index (χ0n) is 15.5. The molecule has 2 aromatic carbocycles. The fourth-order valence-corrected chi connectivity index (χ4v) is 4.66. The second-order valence-electron chi connectivity index (χ2n) is 6.52. The lowest BCUT2D eigenvalue weighted by Gasteiger charge is -2.35. The highest BCUT2D eigenvalue weighted by Gasteiger charge is 2.32. The monoisotopic (exact) mass is 488 g/mol. The molecular formula is C19H19BrF2N2O4S. The zero-order chi connectivity index (χ0) is 21.2. The van der Waals surface area contributed by atoms with Crippen molar-refractivity contribution in [3.8, 4) is 5.75 Å². The summed E-state index contributed by atoms with van der Waals surface area (Å²) in [6, 6.07) is 9.54. The molecule has 1 amide bonds. The van der Waals surface area contributed by atoms with Gasteiger partial charge in [-0.15, -0.1) is 0 Å². The van der Waals surface area contributed by atoms with E-state index in [0.29, 0.717) is 11.8 Å². The van der Waals surface area contributed by atoms with Crippen LogP contribution >= 0.6 is 15.9 Å². The van der Waals surface area contributed by atoms with Crippen LogP contribution in [0.25, 0.3) is 0 Å². The van der Waals surface area contributed by atoms with Crippen LogP contribution in [0.1, 0.15) is 6.92 Å². The van der Waals surface area contributed by atoms with Gasteiger partial charge in [-0.05, 0) is 49.4 Å². The standard InChI is InChI=1S/C19H19BrF2N2O4S/c1-13(28-15-4-2-14(20)3-5-15)19(25)23-8-10-24(11-9-23)29(26,27)16-6-7-17(21)18(22)12-16/h2-7,12-13H,8-11H2,1H3. The van der Waals surface area contributed by atoms with Crippen molar-refractivity contribution < 1.29 is 26.7 Å². The number of halogens is 3. The number of carbonyl (C=O) groups excluding carboxylic acids is 1. The van der Waals surface area contributed by atoms with Gasteiger partial charge >= 0.3 is 0 Å². The first-order chi connectivity index (χ1) is 13.7. The number of amides is 1. The number of benzene rings is 2. The third kappa shape index (κ3) is 4.93. The lowest BCUT2D eigenvalue weighted by atomic mass is 10.3. The van der Waals surface area contributed by atoms with Gasteiger partial charge in [0, 0.05) is 30.7 Å². The van der Waals surface area contributed by atoms with E-state index in [1.165, 1.54) is 4.90 Å². The molecule has 2 aromatic rings. The summed E-state index contributed by atoms with van der Waals surface area (Å²) in [6.45, 7) is 2.09. The summed E-state index contributed by atoms with van der Waals surface area (Å²) in [4.78, 5) is 13.8. The molecule has 1 saturated heterocycles. The number of rotatable bonds is 5. The highest BCUT2D eigenvalue weighted by atomic mass is 79.9. The number of piperazine rings is 1. The Balaban J connectivity index is 1.61. The molecule has 29 heavy (non-hydrogen) atoms. The van der Waals surface area contributed by atoms with Crippen molar-refractivity contribution in [2.24, 2.45) is 0 Å². The minimum Gasteiger partial charge on any atom is -0.481 e. The van der Waals surface area contributed by atoms with Crippen LogP contribution in [0.15, 0.2) is 51.8 Å². The first-order valence-electron chi connectivity index (χ1n) is 8.84. The van der Waals surface area contributed by atoms with E-state index in [2.05, 4.69) is 15.9 Å². The van der Waals surface area contributed by atoms with Gasteiger partial charge in [0.1, 0.15) is 5.75 Å². The number of nitrogens with zero attached hydrogens (tertiary/aromatic N) is 2. The number of carbonyl (C=O) groups is 1. The SMILES string of the molecule is CC(Oc1ccc(Br)cc1)C(=O)N1CCN(S(=O)(=O)c2ccc(F)c(F)c2)CC1. The van der Waals surface area contributed by atoms with E-state index >= 15 is 0 Å². The maximum absolute atomic E-state index is 13.4. The second-order valence-corrected chi connectivity index (χ2v) is 9.37. The molecule has 1 aliphatic heterocycles. The molecule has 0 spiro atoms. The Morgan fingerprint density at radius 2 is 1.66 bits per heavy atom. The Bertz CT molecular complexity index is 994. The van der Waals surface area contributed by atoms with Gasteiger partial charge in [0.15, 0.2) is 17.7 Å². The van der Waals surface area contributed by atoms with Gasteiger partial charge in [-0.25, -0.2) is 17.2 Å². The van der Waals surface area contributed by atoms with Crippen molar-refractivity contribution >= 4 is 31.9 Å². The summed E-state index contributed by atoms with van der Waals surface area (Å²) in [7, 11) is -3.97.